The second-order valence-electron chi connectivity index (χ2n) is 20.5. The minimum Gasteiger partial charge on any atom is -0.460 e. The molecule has 0 aromatic carbocycles. The molecule has 53 heavy (non-hydrogen) atoms. The van der Waals surface area contributed by atoms with E-state index in [9.17, 15) is 9.59 Å². The molecule has 2 atom stereocenters. The number of rotatable bonds is 22. The second-order valence-corrected chi connectivity index (χ2v) is 21.6. The van der Waals surface area contributed by atoms with E-state index in [4.69, 9.17) is 18.9 Å². The Morgan fingerprint density at radius 2 is 0.868 bits per heavy atom. The smallest absolute Gasteiger partial charge is 0.316 e. The van der Waals surface area contributed by atoms with Gasteiger partial charge in [0, 0.05) is 72.5 Å². The molecule has 0 bridgehead atoms. The van der Waals surface area contributed by atoms with E-state index in [2.05, 4.69) is 144 Å². The molecule has 0 N–H and O–H groups in total. The number of hydrogen-bond acceptors (Lipinski definition) is 11. The average Bonchev–Trinajstić information content (AvgIpc) is 2.93. The molecular formula is C42H86N4O6S. The van der Waals surface area contributed by atoms with Crippen LogP contribution in [0.15, 0.2) is 0 Å². The van der Waals surface area contributed by atoms with Gasteiger partial charge in [-0.15, -0.1) is 0 Å². The van der Waals surface area contributed by atoms with Crippen LogP contribution in [-0.2, 0) is 28.5 Å². The zero-order valence-electron chi connectivity index (χ0n) is 38.3. The van der Waals surface area contributed by atoms with Crippen molar-refractivity contribution in [3.8, 4) is 0 Å². The van der Waals surface area contributed by atoms with Crippen molar-refractivity contribution in [2.45, 2.75) is 184 Å². The average molecular weight is 775 g/mol. The lowest BCUT2D eigenvalue weighted by atomic mass is 9.95. The van der Waals surface area contributed by atoms with Crippen molar-refractivity contribution in [3.05, 3.63) is 0 Å². The highest BCUT2D eigenvalue weighted by atomic mass is 32.2. The van der Waals surface area contributed by atoms with E-state index in [1.807, 2.05) is 13.8 Å². The fourth-order valence-corrected chi connectivity index (χ4v) is 7.44. The number of hydrogen-bond donors (Lipinski definition) is 0. The number of nitrogens with zero attached hydrogens (tertiary/aromatic N) is 4. The monoisotopic (exact) mass is 775 g/mol. The summed E-state index contributed by atoms with van der Waals surface area (Å²) in [7, 11) is 0. The lowest BCUT2D eigenvalue weighted by Crippen LogP contribution is -2.56. The van der Waals surface area contributed by atoms with Gasteiger partial charge in [0.05, 0.1) is 38.3 Å². The fraction of sp³-hybridized carbons (Fsp3) is 0.952. The largest absolute Gasteiger partial charge is 0.460 e. The first-order chi connectivity index (χ1) is 23.8. The van der Waals surface area contributed by atoms with Crippen LogP contribution in [0.1, 0.15) is 138 Å². The Labute approximate surface area is 332 Å². The molecule has 0 radical (unpaired) electrons. The summed E-state index contributed by atoms with van der Waals surface area (Å²) in [5.41, 5.74) is 0.292. The topological polar surface area (TPSA) is 84.0 Å². The van der Waals surface area contributed by atoms with Crippen molar-refractivity contribution in [1.29, 1.82) is 0 Å². The Bertz CT molecular complexity index is 1020. The van der Waals surface area contributed by atoms with Gasteiger partial charge >= 0.3 is 5.97 Å². The molecule has 0 aliphatic carbocycles. The highest BCUT2D eigenvalue weighted by Gasteiger charge is 2.34. The fourth-order valence-electron chi connectivity index (χ4n) is 6.94. The molecule has 11 heteroatoms. The maximum atomic E-state index is 12.4. The van der Waals surface area contributed by atoms with Crippen molar-refractivity contribution in [2.24, 2.45) is 0 Å². The van der Waals surface area contributed by atoms with Crippen molar-refractivity contribution in [1.82, 2.24) is 19.6 Å². The van der Waals surface area contributed by atoms with Crippen LogP contribution in [0.4, 0.5) is 0 Å². The Balaban J connectivity index is 4.52. The standard InChI is InChI=1S/C42H86N4O6S/c1-33(29-49-27-25-43(37(3,4)5)21-23-45(39(9,10)11)40(12,13)14)51-31-36(48)53-32-35(47)52-34(2)30-50-28-26-44(38(6,7)8)22-24-46(41(15,16)17)42(18,19)20/h33-34H,21-32H2,1-20H3. The van der Waals surface area contributed by atoms with E-state index in [1.54, 1.807) is 0 Å². The van der Waals surface area contributed by atoms with E-state index < -0.39 is 12.1 Å². The van der Waals surface area contributed by atoms with Crippen LogP contribution in [0.2, 0.25) is 0 Å². The van der Waals surface area contributed by atoms with Crippen molar-refractivity contribution in [2.75, 3.05) is 78.1 Å². The maximum Gasteiger partial charge on any atom is 0.316 e. The SMILES string of the molecule is CC(COCCN(CCN(C(C)(C)C)C(C)(C)C)C(C)(C)C)OCC(=O)SCC(=O)OC(C)COCCN(CCN(C(C)(C)C)C(C)(C)C)C(C)(C)C. The summed E-state index contributed by atoms with van der Waals surface area (Å²) >= 11 is 0.919. The van der Waals surface area contributed by atoms with E-state index >= 15 is 0 Å². The number of carbonyl (C=O) groups is 2. The van der Waals surface area contributed by atoms with Gasteiger partial charge in [0.25, 0.3) is 0 Å². The molecule has 0 fully saturated rings. The molecule has 0 spiro atoms. The first-order valence-electron chi connectivity index (χ1n) is 19.9. The summed E-state index contributed by atoms with van der Waals surface area (Å²) < 4.78 is 23.1. The summed E-state index contributed by atoms with van der Waals surface area (Å²) in [6, 6.07) is 0. The molecule has 0 rings (SSSR count). The molecule has 0 heterocycles. The van der Waals surface area contributed by atoms with Crippen LogP contribution in [0.3, 0.4) is 0 Å². The van der Waals surface area contributed by atoms with Crippen LogP contribution in [0.25, 0.3) is 0 Å². The van der Waals surface area contributed by atoms with E-state index in [0.717, 1.165) is 51.0 Å². The molecule has 0 amide bonds. The summed E-state index contributed by atoms with van der Waals surface area (Å²) in [6.45, 7) is 51.5. The molecule has 0 aliphatic heterocycles. The Kier molecular flexibility index (Phi) is 21.9. The molecule has 10 nitrogen and oxygen atoms in total. The van der Waals surface area contributed by atoms with Gasteiger partial charge in [-0.2, -0.15) is 0 Å². The van der Waals surface area contributed by atoms with Gasteiger partial charge in [-0.05, 0) is 138 Å². The van der Waals surface area contributed by atoms with E-state index in [1.165, 1.54) is 0 Å². The van der Waals surface area contributed by atoms with E-state index in [0.29, 0.717) is 26.4 Å². The first kappa shape index (κ1) is 52.2. The quantitative estimate of drug-likeness (QED) is 0.0805. The maximum absolute atomic E-state index is 12.4. The highest BCUT2D eigenvalue weighted by Crippen LogP contribution is 2.26. The number of ether oxygens (including phenoxy) is 4. The van der Waals surface area contributed by atoms with Gasteiger partial charge in [0.1, 0.15) is 12.7 Å². The zero-order chi connectivity index (χ0) is 41.6. The van der Waals surface area contributed by atoms with Gasteiger partial charge in [-0.3, -0.25) is 29.2 Å². The van der Waals surface area contributed by atoms with Crippen molar-refractivity contribution >= 4 is 22.8 Å². The van der Waals surface area contributed by atoms with Gasteiger partial charge in [-0.25, -0.2) is 0 Å². The summed E-state index contributed by atoms with van der Waals surface area (Å²) in [5.74, 6) is -0.495. The molecule has 316 valence electrons. The van der Waals surface area contributed by atoms with Gasteiger partial charge in [0.2, 0.25) is 5.12 Å². The summed E-state index contributed by atoms with van der Waals surface area (Å²) in [4.78, 5) is 34.9. The summed E-state index contributed by atoms with van der Waals surface area (Å²) in [6.07, 6.45) is -0.647. The van der Waals surface area contributed by atoms with Crippen LogP contribution in [0.5, 0.6) is 0 Å². The molecule has 0 aliphatic rings. The Morgan fingerprint density at radius 1 is 0.509 bits per heavy atom. The third-order valence-electron chi connectivity index (χ3n) is 9.21. The predicted octanol–water partition coefficient (Wildman–Crippen LogP) is 7.62. The van der Waals surface area contributed by atoms with Crippen LogP contribution >= 0.6 is 11.8 Å². The Hall–Kier alpha value is -0.790. The zero-order valence-corrected chi connectivity index (χ0v) is 39.1. The minimum absolute atomic E-state index is 0.00375. The van der Waals surface area contributed by atoms with Gasteiger partial charge < -0.3 is 18.9 Å². The van der Waals surface area contributed by atoms with Crippen LogP contribution < -0.4 is 0 Å². The number of esters is 1. The van der Waals surface area contributed by atoms with Crippen molar-refractivity contribution < 1.29 is 28.5 Å². The van der Waals surface area contributed by atoms with Gasteiger partial charge in [0.15, 0.2) is 0 Å². The molecule has 0 aromatic rings. The molecule has 0 saturated heterocycles. The third kappa shape index (κ3) is 23.1. The lowest BCUT2D eigenvalue weighted by molar-refractivity contribution is -0.148. The Morgan fingerprint density at radius 3 is 1.21 bits per heavy atom. The van der Waals surface area contributed by atoms with Crippen LogP contribution in [-0.4, -0.2) is 154 Å². The third-order valence-corrected chi connectivity index (χ3v) is 10.0. The summed E-state index contributed by atoms with van der Waals surface area (Å²) in [5, 5.41) is -0.211. The molecule has 0 saturated carbocycles. The predicted molar refractivity (Wildman–Crippen MR) is 225 cm³/mol. The molecular weight excluding hydrogens is 689 g/mol. The highest BCUT2D eigenvalue weighted by molar-refractivity contribution is 8.14. The lowest BCUT2D eigenvalue weighted by Gasteiger charge is -2.47. The second kappa shape index (κ2) is 22.2. The molecule has 0 aromatic heterocycles. The number of thioether (sulfide) groups is 1. The minimum atomic E-state index is -0.437. The first-order valence-corrected chi connectivity index (χ1v) is 20.9. The molecule has 2 unspecified atom stereocenters. The van der Waals surface area contributed by atoms with Crippen molar-refractivity contribution in [3.63, 3.8) is 0 Å². The van der Waals surface area contributed by atoms with E-state index in [-0.39, 0.29) is 56.8 Å². The number of carbonyl (C=O) groups excluding carboxylic acids is 2. The van der Waals surface area contributed by atoms with Crippen LogP contribution in [0, 0.1) is 0 Å². The van der Waals surface area contributed by atoms with Gasteiger partial charge in [-0.1, -0.05) is 11.8 Å². The normalized spacial score (nSPS) is 15.2.